The number of esters is 1. The average Bonchev–Trinajstić information content (AvgIpc) is 2.77. The maximum Gasteiger partial charge on any atom is 0.341 e. The number of thiophene rings is 1. The number of benzene rings is 1. The van der Waals surface area contributed by atoms with Crippen LogP contribution in [0.1, 0.15) is 15.9 Å². The number of carbonyl (C=O) groups is 1. The third-order valence-electron chi connectivity index (χ3n) is 2.73. The van der Waals surface area contributed by atoms with Crippen molar-refractivity contribution in [2.45, 2.75) is 9.96 Å². The Morgan fingerprint density at radius 2 is 2.00 bits per heavy atom. The second-order valence-electron chi connectivity index (χ2n) is 4.29. The summed E-state index contributed by atoms with van der Waals surface area (Å²) in [6, 6.07) is 5.72. The molecule has 0 saturated heterocycles. The zero-order chi connectivity index (χ0) is 16.5. The first-order valence-electron chi connectivity index (χ1n) is 5.82. The molecule has 0 aliphatic carbocycles. The molecule has 0 atom stereocenters. The molecule has 0 unspecified atom stereocenters. The summed E-state index contributed by atoms with van der Waals surface area (Å²) in [5.74, 6) is -1.28. The van der Waals surface area contributed by atoms with E-state index < -0.39 is 15.8 Å². The lowest BCUT2D eigenvalue weighted by Crippen LogP contribution is -2.05. The van der Waals surface area contributed by atoms with E-state index >= 15 is 0 Å². The van der Waals surface area contributed by atoms with Crippen LogP contribution in [0.25, 0.3) is 0 Å². The van der Waals surface area contributed by atoms with Crippen LogP contribution >= 0.6 is 43.2 Å². The van der Waals surface area contributed by atoms with Crippen LogP contribution in [0.15, 0.2) is 36.7 Å². The first kappa shape index (κ1) is 17.5. The fourth-order valence-electron chi connectivity index (χ4n) is 1.77. The van der Waals surface area contributed by atoms with Gasteiger partial charge in [0.2, 0.25) is 0 Å². The van der Waals surface area contributed by atoms with Crippen LogP contribution in [-0.2, 0) is 20.3 Å². The number of aromatic hydroxyl groups is 1. The molecular weight excluding hydrogens is 460 g/mol. The molecule has 5 nitrogen and oxygen atoms in total. The number of hydrogen-bond donors (Lipinski definition) is 1. The summed E-state index contributed by atoms with van der Waals surface area (Å²) in [5.41, 5.74) is 0.366. The third-order valence-corrected chi connectivity index (χ3v) is 7.83. The highest BCUT2D eigenvalue weighted by Gasteiger charge is 2.22. The van der Waals surface area contributed by atoms with E-state index in [1.54, 1.807) is 6.07 Å². The molecule has 1 aromatic carbocycles. The molecule has 2 aromatic rings. The van der Waals surface area contributed by atoms with Gasteiger partial charge in [0.05, 0.1) is 16.6 Å². The first-order chi connectivity index (χ1) is 10.2. The van der Waals surface area contributed by atoms with Gasteiger partial charge in [-0.15, -0.1) is 11.3 Å². The number of hydrogen-bond acceptors (Lipinski definition) is 6. The van der Waals surface area contributed by atoms with Crippen molar-refractivity contribution in [1.82, 2.24) is 0 Å². The van der Waals surface area contributed by atoms with Crippen molar-refractivity contribution >= 4 is 59.0 Å². The number of ether oxygens (including phenoxy) is 1. The number of sulfone groups is 1. The van der Waals surface area contributed by atoms with Crippen LogP contribution in [0.3, 0.4) is 0 Å². The third kappa shape index (κ3) is 3.70. The number of rotatable bonds is 4. The summed E-state index contributed by atoms with van der Waals surface area (Å²) < 4.78 is 30.7. The number of halogens is 2. The average molecular weight is 470 g/mol. The van der Waals surface area contributed by atoms with Gasteiger partial charge in [0.15, 0.2) is 9.84 Å². The number of phenolic OH excluding ortho intramolecular Hbond substituents is 1. The SMILES string of the molecule is COC(=O)c1ccc(CS(=O)(=O)c2sc(Br)cc2Br)cc1O. The van der Waals surface area contributed by atoms with Gasteiger partial charge in [-0.3, -0.25) is 0 Å². The first-order valence-corrected chi connectivity index (χ1v) is 9.88. The Kier molecular flexibility index (Phi) is 5.31. The van der Waals surface area contributed by atoms with E-state index in [-0.39, 0.29) is 21.3 Å². The van der Waals surface area contributed by atoms with Gasteiger partial charge in [0.25, 0.3) is 0 Å². The second kappa shape index (κ2) is 6.69. The Hall–Kier alpha value is -0.900. The summed E-state index contributed by atoms with van der Waals surface area (Å²) in [6.45, 7) is 0. The molecule has 118 valence electrons. The second-order valence-corrected chi connectivity index (χ2v) is 9.76. The summed E-state index contributed by atoms with van der Waals surface area (Å²) in [5, 5.41) is 9.81. The zero-order valence-corrected chi connectivity index (χ0v) is 16.0. The highest BCUT2D eigenvalue weighted by atomic mass is 79.9. The Morgan fingerprint density at radius 1 is 1.32 bits per heavy atom. The summed E-state index contributed by atoms with van der Waals surface area (Å²) in [7, 11) is -2.36. The molecule has 0 radical (unpaired) electrons. The number of methoxy groups -OCH3 is 1. The van der Waals surface area contributed by atoms with Gasteiger partial charge in [-0.05, 0) is 55.6 Å². The maximum absolute atomic E-state index is 12.4. The molecule has 0 spiro atoms. The van der Waals surface area contributed by atoms with Crippen molar-refractivity contribution in [2.75, 3.05) is 7.11 Å². The van der Waals surface area contributed by atoms with Crippen molar-refractivity contribution in [1.29, 1.82) is 0 Å². The zero-order valence-electron chi connectivity index (χ0n) is 11.2. The normalized spacial score (nSPS) is 11.4. The van der Waals surface area contributed by atoms with Gasteiger partial charge in [0, 0.05) is 4.47 Å². The predicted octanol–water partition coefficient (Wildman–Crippen LogP) is 3.74. The molecule has 0 saturated carbocycles. The van der Waals surface area contributed by atoms with Gasteiger partial charge >= 0.3 is 5.97 Å². The van der Waals surface area contributed by atoms with Crippen LogP contribution in [0.5, 0.6) is 5.75 Å². The van der Waals surface area contributed by atoms with Crippen LogP contribution in [0, 0.1) is 0 Å². The topological polar surface area (TPSA) is 80.7 Å². The van der Waals surface area contributed by atoms with Gasteiger partial charge in [0.1, 0.15) is 15.5 Å². The lowest BCUT2D eigenvalue weighted by Gasteiger charge is -2.06. The van der Waals surface area contributed by atoms with Gasteiger partial charge in [-0.2, -0.15) is 0 Å². The fourth-order valence-corrected chi connectivity index (χ4v) is 7.05. The fraction of sp³-hybridized carbons (Fsp3) is 0.154. The summed E-state index contributed by atoms with van der Waals surface area (Å²) >= 11 is 7.55. The van der Waals surface area contributed by atoms with E-state index in [9.17, 15) is 18.3 Å². The maximum atomic E-state index is 12.4. The lowest BCUT2D eigenvalue weighted by atomic mass is 10.1. The van der Waals surface area contributed by atoms with Crippen LogP contribution in [-0.4, -0.2) is 26.6 Å². The van der Waals surface area contributed by atoms with E-state index in [4.69, 9.17) is 0 Å². The van der Waals surface area contributed by atoms with Crippen LogP contribution < -0.4 is 0 Å². The smallest absolute Gasteiger partial charge is 0.341 e. The highest BCUT2D eigenvalue weighted by molar-refractivity contribution is 9.11. The van der Waals surface area contributed by atoms with E-state index in [1.807, 2.05) is 0 Å². The molecule has 0 aliphatic rings. The molecule has 2 rings (SSSR count). The predicted molar refractivity (Wildman–Crippen MR) is 90.1 cm³/mol. The Morgan fingerprint density at radius 3 is 2.50 bits per heavy atom. The molecule has 1 aromatic heterocycles. The summed E-state index contributed by atoms with van der Waals surface area (Å²) in [6.07, 6.45) is 0. The standard InChI is InChI=1S/C13H10Br2O5S2/c1-20-12(17)8-3-2-7(4-10(8)16)6-22(18,19)13-9(14)5-11(15)21-13/h2-5,16H,6H2,1H3. The molecule has 0 aliphatic heterocycles. The molecule has 1 N–H and O–H groups in total. The van der Waals surface area contributed by atoms with Crippen LogP contribution in [0.4, 0.5) is 0 Å². The van der Waals surface area contributed by atoms with Crippen molar-refractivity contribution in [2.24, 2.45) is 0 Å². The monoisotopic (exact) mass is 468 g/mol. The van der Waals surface area contributed by atoms with E-state index in [1.165, 1.54) is 25.3 Å². The summed E-state index contributed by atoms with van der Waals surface area (Å²) in [4.78, 5) is 11.4. The van der Waals surface area contributed by atoms with Crippen molar-refractivity contribution in [3.05, 3.63) is 43.7 Å². The molecule has 0 fully saturated rings. The Labute approximate surface area is 148 Å². The van der Waals surface area contributed by atoms with Crippen LogP contribution in [0.2, 0.25) is 0 Å². The molecule has 22 heavy (non-hydrogen) atoms. The van der Waals surface area contributed by atoms with E-state index in [0.29, 0.717) is 13.8 Å². The highest BCUT2D eigenvalue weighted by Crippen LogP contribution is 2.36. The molecular formula is C13H10Br2O5S2. The molecule has 0 bridgehead atoms. The van der Waals surface area contributed by atoms with E-state index in [0.717, 1.165) is 11.3 Å². The molecule has 9 heteroatoms. The Balaban J connectivity index is 2.33. The minimum absolute atomic E-state index is 0.0105. The van der Waals surface area contributed by atoms with Crippen molar-refractivity contribution in [3.63, 3.8) is 0 Å². The lowest BCUT2D eigenvalue weighted by molar-refractivity contribution is 0.0597. The van der Waals surface area contributed by atoms with Crippen molar-refractivity contribution in [3.8, 4) is 5.75 Å². The van der Waals surface area contributed by atoms with Crippen molar-refractivity contribution < 1.29 is 23.1 Å². The molecule has 0 amide bonds. The quantitative estimate of drug-likeness (QED) is 0.690. The van der Waals surface area contributed by atoms with Gasteiger partial charge in [-0.1, -0.05) is 6.07 Å². The van der Waals surface area contributed by atoms with Gasteiger partial charge in [-0.25, -0.2) is 13.2 Å². The molecule has 1 heterocycles. The minimum Gasteiger partial charge on any atom is -0.507 e. The largest absolute Gasteiger partial charge is 0.507 e. The van der Waals surface area contributed by atoms with E-state index in [2.05, 4.69) is 36.6 Å². The number of phenols is 1. The Bertz CT molecular complexity index is 827. The minimum atomic E-state index is -3.56. The number of carbonyl (C=O) groups excluding carboxylic acids is 1. The van der Waals surface area contributed by atoms with Gasteiger partial charge < -0.3 is 9.84 Å².